The van der Waals surface area contributed by atoms with Gasteiger partial charge in [0.15, 0.2) is 0 Å². The second kappa shape index (κ2) is 7.50. The van der Waals surface area contributed by atoms with Crippen molar-refractivity contribution in [1.82, 2.24) is 20.2 Å². The number of hydrogen-bond acceptors (Lipinski definition) is 6. The van der Waals surface area contributed by atoms with Gasteiger partial charge in [-0.1, -0.05) is 12.1 Å². The minimum Gasteiger partial charge on any atom is -0.496 e. The predicted molar refractivity (Wildman–Crippen MR) is 92.8 cm³/mol. The SMILES string of the molecule is COc1ccccc1-c1ccc(NC(C)Cc2cnccn2)nn1. The van der Waals surface area contributed by atoms with Crippen LogP contribution in [0.15, 0.2) is 55.0 Å². The summed E-state index contributed by atoms with van der Waals surface area (Å²) in [5.74, 6) is 1.51. The molecule has 1 atom stereocenters. The van der Waals surface area contributed by atoms with Crippen LogP contribution in [0.1, 0.15) is 12.6 Å². The van der Waals surface area contributed by atoms with Gasteiger partial charge < -0.3 is 10.1 Å². The highest BCUT2D eigenvalue weighted by molar-refractivity contribution is 5.67. The van der Waals surface area contributed by atoms with E-state index in [4.69, 9.17) is 4.74 Å². The van der Waals surface area contributed by atoms with Gasteiger partial charge >= 0.3 is 0 Å². The fourth-order valence-corrected chi connectivity index (χ4v) is 2.46. The molecule has 0 saturated heterocycles. The highest BCUT2D eigenvalue weighted by Gasteiger charge is 2.09. The van der Waals surface area contributed by atoms with Gasteiger partial charge in [0.05, 0.1) is 18.5 Å². The molecule has 6 heteroatoms. The number of nitrogens with zero attached hydrogens (tertiary/aromatic N) is 4. The van der Waals surface area contributed by atoms with Gasteiger partial charge in [0.25, 0.3) is 0 Å². The van der Waals surface area contributed by atoms with Crippen molar-refractivity contribution in [1.29, 1.82) is 0 Å². The van der Waals surface area contributed by atoms with E-state index in [0.717, 1.165) is 34.9 Å². The molecule has 0 saturated carbocycles. The number of anilines is 1. The van der Waals surface area contributed by atoms with E-state index in [9.17, 15) is 0 Å². The smallest absolute Gasteiger partial charge is 0.148 e. The molecule has 0 aliphatic rings. The summed E-state index contributed by atoms with van der Waals surface area (Å²) >= 11 is 0. The Balaban J connectivity index is 1.68. The lowest BCUT2D eigenvalue weighted by molar-refractivity contribution is 0.416. The van der Waals surface area contributed by atoms with Gasteiger partial charge in [-0.2, -0.15) is 0 Å². The average Bonchev–Trinajstić information content (AvgIpc) is 2.63. The van der Waals surface area contributed by atoms with Crippen molar-refractivity contribution in [3.05, 3.63) is 60.7 Å². The zero-order valence-electron chi connectivity index (χ0n) is 13.7. The standard InChI is InChI=1S/C18H19N5O/c1-13(11-14-12-19-9-10-20-14)21-18-8-7-16(22-23-18)15-5-3-4-6-17(15)24-2/h3-10,12-13H,11H2,1-2H3,(H,21,23). The lowest BCUT2D eigenvalue weighted by atomic mass is 10.1. The van der Waals surface area contributed by atoms with Gasteiger partial charge in [-0.05, 0) is 31.2 Å². The molecular weight excluding hydrogens is 302 g/mol. The number of para-hydroxylation sites is 1. The van der Waals surface area contributed by atoms with Gasteiger partial charge in [0.1, 0.15) is 11.6 Å². The van der Waals surface area contributed by atoms with Crippen LogP contribution in [0.25, 0.3) is 11.3 Å². The van der Waals surface area contributed by atoms with E-state index in [0.29, 0.717) is 0 Å². The van der Waals surface area contributed by atoms with E-state index in [2.05, 4.69) is 32.4 Å². The molecule has 2 heterocycles. The second-order valence-electron chi connectivity index (χ2n) is 5.45. The molecule has 0 bridgehead atoms. The molecule has 2 aromatic heterocycles. The first kappa shape index (κ1) is 15.9. The normalized spacial score (nSPS) is 11.8. The molecule has 3 rings (SSSR count). The van der Waals surface area contributed by atoms with E-state index in [-0.39, 0.29) is 6.04 Å². The van der Waals surface area contributed by atoms with E-state index in [1.807, 2.05) is 36.4 Å². The molecule has 24 heavy (non-hydrogen) atoms. The molecule has 6 nitrogen and oxygen atoms in total. The maximum atomic E-state index is 5.36. The van der Waals surface area contributed by atoms with Gasteiger partial charge in [0.2, 0.25) is 0 Å². The van der Waals surface area contributed by atoms with Crippen LogP contribution in [-0.4, -0.2) is 33.3 Å². The van der Waals surface area contributed by atoms with Crippen LogP contribution in [0.3, 0.4) is 0 Å². The topological polar surface area (TPSA) is 72.8 Å². The van der Waals surface area contributed by atoms with Crippen LogP contribution in [0.2, 0.25) is 0 Å². The molecule has 0 aliphatic heterocycles. The molecule has 1 unspecified atom stereocenters. The van der Waals surface area contributed by atoms with Crippen molar-refractivity contribution in [3.8, 4) is 17.0 Å². The summed E-state index contributed by atoms with van der Waals surface area (Å²) in [7, 11) is 1.65. The van der Waals surface area contributed by atoms with Crippen molar-refractivity contribution in [3.63, 3.8) is 0 Å². The molecule has 1 N–H and O–H groups in total. The summed E-state index contributed by atoms with van der Waals surface area (Å²) in [5.41, 5.74) is 2.64. The Morgan fingerprint density at radius 3 is 2.67 bits per heavy atom. The monoisotopic (exact) mass is 321 g/mol. The number of aromatic nitrogens is 4. The number of methoxy groups -OCH3 is 1. The molecule has 0 spiro atoms. The first-order valence-corrected chi connectivity index (χ1v) is 7.75. The molecule has 3 aromatic rings. The molecule has 0 fully saturated rings. The summed E-state index contributed by atoms with van der Waals surface area (Å²) in [6.07, 6.45) is 5.91. The van der Waals surface area contributed by atoms with Crippen molar-refractivity contribution in [2.24, 2.45) is 0 Å². The number of ether oxygens (including phenoxy) is 1. The highest BCUT2D eigenvalue weighted by atomic mass is 16.5. The third-order valence-electron chi connectivity index (χ3n) is 3.57. The summed E-state index contributed by atoms with van der Waals surface area (Å²) in [6.45, 7) is 2.07. The van der Waals surface area contributed by atoms with Crippen LogP contribution in [0, 0.1) is 0 Å². The molecule has 0 aliphatic carbocycles. The van der Waals surface area contributed by atoms with Gasteiger partial charge in [-0.3, -0.25) is 9.97 Å². The quantitative estimate of drug-likeness (QED) is 0.752. The fraction of sp³-hybridized carbons (Fsp3) is 0.222. The van der Waals surface area contributed by atoms with Crippen molar-refractivity contribution >= 4 is 5.82 Å². The first-order chi connectivity index (χ1) is 11.8. The van der Waals surface area contributed by atoms with E-state index < -0.39 is 0 Å². The van der Waals surface area contributed by atoms with Crippen molar-refractivity contribution in [2.45, 2.75) is 19.4 Å². The summed E-state index contributed by atoms with van der Waals surface area (Å²) in [5, 5.41) is 11.9. The van der Waals surface area contributed by atoms with E-state index in [1.54, 1.807) is 25.7 Å². The van der Waals surface area contributed by atoms with E-state index in [1.165, 1.54) is 0 Å². The van der Waals surface area contributed by atoms with Crippen LogP contribution in [0.4, 0.5) is 5.82 Å². The minimum absolute atomic E-state index is 0.174. The van der Waals surface area contributed by atoms with Gasteiger partial charge in [0, 0.05) is 36.6 Å². The van der Waals surface area contributed by atoms with Crippen LogP contribution < -0.4 is 10.1 Å². The molecule has 0 amide bonds. The fourth-order valence-electron chi connectivity index (χ4n) is 2.46. The summed E-state index contributed by atoms with van der Waals surface area (Å²) < 4.78 is 5.36. The van der Waals surface area contributed by atoms with Crippen LogP contribution in [0.5, 0.6) is 5.75 Å². The maximum Gasteiger partial charge on any atom is 0.148 e. The highest BCUT2D eigenvalue weighted by Crippen LogP contribution is 2.27. The predicted octanol–water partition coefficient (Wildman–Crippen LogP) is 2.99. The Morgan fingerprint density at radius 1 is 1.08 bits per heavy atom. The largest absolute Gasteiger partial charge is 0.496 e. The third-order valence-corrected chi connectivity index (χ3v) is 3.57. The van der Waals surface area contributed by atoms with E-state index >= 15 is 0 Å². The number of nitrogens with one attached hydrogen (secondary N) is 1. The lowest BCUT2D eigenvalue weighted by Gasteiger charge is -2.14. The Bertz CT molecular complexity index is 777. The molecule has 1 aromatic carbocycles. The molecular formula is C18H19N5O. The first-order valence-electron chi connectivity index (χ1n) is 7.75. The average molecular weight is 321 g/mol. The Labute approximate surface area is 141 Å². The summed E-state index contributed by atoms with van der Waals surface area (Å²) in [4.78, 5) is 8.36. The zero-order valence-corrected chi connectivity index (χ0v) is 13.7. The second-order valence-corrected chi connectivity index (χ2v) is 5.45. The lowest BCUT2D eigenvalue weighted by Crippen LogP contribution is -2.19. The Morgan fingerprint density at radius 2 is 1.96 bits per heavy atom. The third kappa shape index (κ3) is 3.84. The minimum atomic E-state index is 0.174. The Hall–Kier alpha value is -3.02. The van der Waals surface area contributed by atoms with Gasteiger partial charge in [-0.15, -0.1) is 10.2 Å². The van der Waals surface area contributed by atoms with Gasteiger partial charge in [-0.25, -0.2) is 0 Å². The Kier molecular flexibility index (Phi) is 4.96. The molecule has 0 radical (unpaired) electrons. The number of hydrogen-bond donors (Lipinski definition) is 1. The van der Waals surface area contributed by atoms with Crippen LogP contribution >= 0.6 is 0 Å². The molecule has 122 valence electrons. The van der Waals surface area contributed by atoms with Crippen molar-refractivity contribution < 1.29 is 4.74 Å². The summed E-state index contributed by atoms with van der Waals surface area (Å²) in [6, 6.07) is 11.8. The van der Waals surface area contributed by atoms with Crippen LogP contribution in [-0.2, 0) is 6.42 Å². The zero-order chi connectivity index (χ0) is 16.8. The number of benzene rings is 1. The maximum absolute atomic E-state index is 5.36. The van der Waals surface area contributed by atoms with Crippen molar-refractivity contribution in [2.75, 3.05) is 12.4 Å². The number of rotatable bonds is 6.